The molecule has 4 heteroatoms. The smallest absolute Gasteiger partial charge is 0.255 e. The minimum Gasteiger partial charge on any atom is -0.358 e. The van der Waals surface area contributed by atoms with Crippen molar-refractivity contribution in [2.45, 2.75) is 26.2 Å². The van der Waals surface area contributed by atoms with Crippen LogP contribution in [0, 0.1) is 17.2 Å². The van der Waals surface area contributed by atoms with Gasteiger partial charge in [-0.3, -0.25) is 4.79 Å². The van der Waals surface area contributed by atoms with Crippen LogP contribution in [0.2, 0.25) is 0 Å². The molecule has 3 aromatic rings. The summed E-state index contributed by atoms with van der Waals surface area (Å²) in [6, 6.07) is 14.8. The molecule has 0 bridgehead atoms. The van der Waals surface area contributed by atoms with Gasteiger partial charge >= 0.3 is 0 Å². The van der Waals surface area contributed by atoms with Crippen LogP contribution in [-0.2, 0) is 12.8 Å². The summed E-state index contributed by atoms with van der Waals surface area (Å²) in [6.45, 7) is 2.28. The number of anilines is 1. The highest BCUT2D eigenvalue weighted by Crippen LogP contribution is 2.32. The molecular formula is C21H19N3O. The van der Waals surface area contributed by atoms with Crippen LogP contribution >= 0.6 is 0 Å². The zero-order valence-electron chi connectivity index (χ0n) is 14.1. The van der Waals surface area contributed by atoms with Crippen LogP contribution in [0.1, 0.15) is 40.5 Å². The second kappa shape index (κ2) is 6.10. The molecule has 0 saturated carbocycles. The summed E-state index contributed by atoms with van der Waals surface area (Å²) in [7, 11) is 0. The fourth-order valence-corrected chi connectivity index (χ4v) is 3.60. The molecular weight excluding hydrogens is 310 g/mol. The summed E-state index contributed by atoms with van der Waals surface area (Å²) in [4.78, 5) is 16.1. The van der Waals surface area contributed by atoms with Gasteiger partial charge in [-0.2, -0.15) is 5.26 Å². The van der Waals surface area contributed by atoms with E-state index in [1.54, 1.807) is 24.3 Å². The monoisotopic (exact) mass is 329 g/mol. The van der Waals surface area contributed by atoms with E-state index in [2.05, 4.69) is 23.3 Å². The third kappa shape index (κ3) is 2.89. The second-order valence-corrected chi connectivity index (χ2v) is 6.84. The van der Waals surface area contributed by atoms with Crippen LogP contribution in [0.4, 0.5) is 5.69 Å². The van der Waals surface area contributed by atoms with Crippen LogP contribution in [0.15, 0.2) is 42.5 Å². The van der Waals surface area contributed by atoms with E-state index in [1.807, 2.05) is 18.2 Å². The molecule has 1 atom stereocenters. The largest absolute Gasteiger partial charge is 0.358 e. The number of carbonyl (C=O) groups is 1. The Morgan fingerprint density at radius 2 is 2.16 bits per heavy atom. The van der Waals surface area contributed by atoms with Crippen molar-refractivity contribution < 1.29 is 4.79 Å². The second-order valence-electron chi connectivity index (χ2n) is 6.84. The summed E-state index contributed by atoms with van der Waals surface area (Å²) < 4.78 is 0. The first-order chi connectivity index (χ1) is 12.1. The molecule has 0 radical (unpaired) electrons. The van der Waals surface area contributed by atoms with E-state index in [-0.39, 0.29) is 5.91 Å². The van der Waals surface area contributed by atoms with Gasteiger partial charge in [0, 0.05) is 27.8 Å². The first-order valence-electron chi connectivity index (χ1n) is 8.59. The molecule has 1 heterocycles. The topological polar surface area (TPSA) is 68.7 Å². The minimum absolute atomic E-state index is 0.157. The van der Waals surface area contributed by atoms with Crippen LogP contribution in [0.25, 0.3) is 10.9 Å². The summed E-state index contributed by atoms with van der Waals surface area (Å²) in [5.41, 5.74) is 5.56. The summed E-state index contributed by atoms with van der Waals surface area (Å²) in [5.74, 6) is 0.522. The van der Waals surface area contributed by atoms with Crippen LogP contribution in [0.3, 0.4) is 0 Å². The number of carbonyl (C=O) groups excluding carboxylic acids is 1. The Morgan fingerprint density at radius 1 is 1.28 bits per heavy atom. The molecule has 4 rings (SSSR count). The number of H-pyrrole nitrogens is 1. The molecule has 1 amide bonds. The summed E-state index contributed by atoms with van der Waals surface area (Å²) in [6.07, 6.45) is 3.35. The van der Waals surface area contributed by atoms with Crippen molar-refractivity contribution in [3.05, 3.63) is 64.8 Å². The highest BCUT2D eigenvalue weighted by Gasteiger charge is 2.20. The van der Waals surface area contributed by atoms with E-state index >= 15 is 0 Å². The number of aryl methyl sites for hydroxylation is 1. The lowest BCUT2D eigenvalue weighted by Crippen LogP contribution is -2.12. The number of nitrogens with one attached hydrogen (secondary N) is 2. The zero-order chi connectivity index (χ0) is 17.4. The number of fused-ring (bicyclic) bond motifs is 3. The maximum atomic E-state index is 12.6. The summed E-state index contributed by atoms with van der Waals surface area (Å²) >= 11 is 0. The first kappa shape index (κ1) is 15.5. The SMILES string of the molecule is C[C@H]1CCc2[nH]c3ccc(C(=O)Nc4cccc(C#N)c4)cc3c2C1. The van der Waals surface area contributed by atoms with Crippen molar-refractivity contribution in [2.24, 2.45) is 5.92 Å². The van der Waals surface area contributed by atoms with Crippen molar-refractivity contribution in [2.75, 3.05) is 5.32 Å². The molecule has 0 fully saturated rings. The van der Waals surface area contributed by atoms with Gasteiger partial charge in [-0.1, -0.05) is 13.0 Å². The van der Waals surface area contributed by atoms with E-state index in [0.717, 1.165) is 23.7 Å². The molecule has 2 N–H and O–H groups in total. The molecule has 25 heavy (non-hydrogen) atoms. The number of rotatable bonds is 2. The van der Waals surface area contributed by atoms with Crippen molar-refractivity contribution in [1.82, 2.24) is 4.98 Å². The Morgan fingerprint density at radius 3 is 3.00 bits per heavy atom. The lowest BCUT2D eigenvalue weighted by Gasteiger charge is -2.18. The Labute approximate surface area is 146 Å². The van der Waals surface area contributed by atoms with Crippen molar-refractivity contribution >= 4 is 22.5 Å². The van der Waals surface area contributed by atoms with Gasteiger partial charge in [-0.15, -0.1) is 0 Å². The van der Waals surface area contributed by atoms with Gasteiger partial charge in [0.05, 0.1) is 11.6 Å². The van der Waals surface area contributed by atoms with Crippen molar-refractivity contribution in [3.8, 4) is 6.07 Å². The molecule has 0 saturated heterocycles. The van der Waals surface area contributed by atoms with Gasteiger partial charge in [-0.05, 0) is 67.1 Å². The molecule has 0 spiro atoms. The third-order valence-corrected chi connectivity index (χ3v) is 4.95. The predicted octanol–water partition coefficient (Wildman–Crippen LogP) is 4.42. The van der Waals surface area contributed by atoms with Gasteiger partial charge in [0.15, 0.2) is 0 Å². The fraction of sp³-hybridized carbons (Fsp3) is 0.238. The van der Waals surface area contributed by atoms with E-state index in [4.69, 9.17) is 5.26 Å². The highest BCUT2D eigenvalue weighted by atomic mass is 16.1. The predicted molar refractivity (Wildman–Crippen MR) is 98.6 cm³/mol. The average molecular weight is 329 g/mol. The lowest BCUT2D eigenvalue weighted by atomic mass is 9.87. The Kier molecular flexibility index (Phi) is 3.77. The van der Waals surface area contributed by atoms with Gasteiger partial charge in [0.2, 0.25) is 0 Å². The standard InChI is InChI=1S/C21H19N3O/c1-13-5-7-19-17(9-13)18-11-15(6-8-20(18)24-19)21(25)23-16-4-2-3-14(10-16)12-22/h2-4,6,8,10-11,13,24H,5,7,9H2,1H3,(H,23,25)/t13-/m0/s1. The molecule has 0 aliphatic heterocycles. The maximum Gasteiger partial charge on any atom is 0.255 e. The number of aromatic nitrogens is 1. The summed E-state index contributed by atoms with van der Waals surface area (Å²) in [5, 5.41) is 13.0. The number of amides is 1. The number of nitriles is 1. The van der Waals surface area contributed by atoms with Crippen molar-refractivity contribution in [3.63, 3.8) is 0 Å². The highest BCUT2D eigenvalue weighted by molar-refractivity contribution is 6.06. The Bertz CT molecular complexity index is 1010. The minimum atomic E-state index is -0.157. The molecule has 124 valence electrons. The average Bonchev–Trinajstić information content (AvgIpc) is 2.99. The Hall–Kier alpha value is -3.06. The van der Waals surface area contributed by atoms with Gasteiger partial charge in [-0.25, -0.2) is 0 Å². The van der Waals surface area contributed by atoms with Crippen LogP contribution < -0.4 is 5.32 Å². The van der Waals surface area contributed by atoms with Crippen molar-refractivity contribution in [1.29, 1.82) is 5.26 Å². The Balaban J connectivity index is 1.66. The van der Waals surface area contributed by atoms with E-state index in [9.17, 15) is 4.79 Å². The van der Waals surface area contributed by atoms with Gasteiger partial charge in [0.1, 0.15) is 0 Å². The fourth-order valence-electron chi connectivity index (χ4n) is 3.60. The molecule has 4 nitrogen and oxygen atoms in total. The van der Waals surface area contributed by atoms with E-state index < -0.39 is 0 Å². The molecule has 1 aliphatic carbocycles. The van der Waals surface area contributed by atoms with E-state index in [1.165, 1.54) is 17.7 Å². The quantitative estimate of drug-likeness (QED) is 0.731. The third-order valence-electron chi connectivity index (χ3n) is 4.95. The first-order valence-corrected chi connectivity index (χ1v) is 8.59. The van der Waals surface area contributed by atoms with Crippen LogP contribution in [0.5, 0.6) is 0 Å². The molecule has 2 aromatic carbocycles. The van der Waals surface area contributed by atoms with Gasteiger partial charge in [0.25, 0.3) is 5.91 Å². The number of benzene rings is 2. The normalized spacial score (nSPS) is 16.2. The zero-order valence-corrected chi connectivity index (χ0v) is 14.1. The number of nitrogens with zero attached hydrogens (tertiary/aromatic N) is 1. The number of hydrogen-bond donors (Lipinski definition) is 2. The molecule has 1 aromatic heterocycles. The number of hydrogen-bond acceptors (Lipinski definition) is 2. The van der Waals surface area contributed by atoms with Gasteiger partial charge < -0.3 is 10.3 Å². The van der Waals surface area contributed by atoms with Crippen LogP contribution in [-0.4, -0.2) is 10.9 Å². The van der Waals surface area contributed by atoms with E-state index in [0.29, 0.717) is 22.7 Å². The maximum absolute atomic E-state index is 12.6. The number of aromatic amines is 1. The molecule has 0 unspecified atom stereocenters. The lowest BCUT2D eigenvalue weighted by molar-refractivity contribution is 0.102. The molecule has 1 aliphatic rings.